The van der Waals surface area contributed by atoms with Gasteiger partial charge in [0, 0.05) is 24.2 Å². The largest absolute Gasteiger partial charge is 0.465 e. The number of ether oxygens (including phenoxy) is 1. The zero-order valence-corrected chi connectivity index (χ0v) is 16.3. The molecule has 0 N–H and O–H groups in total. The molecular formula is C22H21F2N3O2. The zero-order valence-electron chi connectivity index (χ0n) is 16.3. The summed E-state index contributed by atoms with van der Waals surface area (Å²) >= 11 is 0. The number of aromatic nitrogens is 2. The Balaban J connectivity index is 1.94. The molecule has 0 radical (unpaired) electrons. The van der Waals surface area contributed by atoms with Crippen molar-refractivity contribution < 1.29 is 18.3 Å². The summed E-state index contributed by atoms with van der Waals surface area (Å²) in [5.74, 6) is -1.25. The summed E-state index contributed by atoms with van der Waals surface area (Å²) in [6, 6.07) is 8.54. The lowest BCUT2D eigenvalue weighted by Crippen LogP contribution is -2.38. The van der Waals surface area contributed by atoms with Crippen LogP contribution in [0.2, 0.25) is 0 Å². The van der Waals surface area contributed by atoms with E-state index in [2.05, 4.69) is 16.8 Å². The summed E-state index contributed by atoms with van der Waals surface area (Å²) in [7, 11) is 1.32. The highest BCUT2D eigenvalue weighted by Crippen LogP contribution is 2.35. The van der Waals surface area contributed by atoms with E-state index in [1.807, 2.05) is 0 Å². The van der Waals surface area contributed by atoms with Crippen LogP contribution in [0, 0.1) is 11.6 Å². The summed E-state index contributed by atoms with van der Waals surface area (Å²) in [6.45, 7) is 2.87. The first-order valence-electron chi connectivity index (χ1n) is 9.60. The van der Waals surface area contributed by atoms with Crippen molar-refractivity contribution in [1.29, 1.82) is 0 Å². The van der Waals surface area contributed by atoms with Crippen molar-refractivity contribution in [3.8, 4) is 11.3 Å². The molecule has 5 nitrogen and oxygen atoms in total. The van der Waals surface area contributed by atoms with E-state index in [4.69, 9.17) is 9.72 Å². The molecule has 0 bridgehead atoms. The van der Waals surface area contributed by atoms with Crippen LogP contribution in [0.4, 0.5) is 14.6 Å². The molecule has 2 heterocycles. The molecule has 1 aromatic heterocycles. The fraction of sp³-hybridized carbons (Fsp3) is 0.318. The lowest BCUT2D eigenvalue weighted by Gasteiger charge is -2.35. The lowest BCUT2D eigenvalue weighted by atomic mass is 10.0. The van der Waals surface area contributed by atoms with Crippen LogP contribution < -0.4 is 4.90 Å². The maximum atomic E-state index is 14.6. The topological polar surface area (TPSA) is 55.3 Å². The summed E-state index contributed by atoms with van der Waals surface area (Å²) < 4.78 is 32.9. The van der Waals surface area contributed by atoms with Crippen molar-refractivity contribution in [2.75, 3.05) is 18.6 Å². The molecule has 4 rings (SSSR count). The number of piperidine rings is 1. The smallest absolute Gasteiger partial charge is 0.337 e. The number of carbonyl (C=O) groups excluding carboxylic acids is 1. The van der Waals surface area contributed by atoms with Crippen LogP contribution in [0.1, 0.15) is 36.5 Å². The Labute approximate surface area is 167 Å². The summed E-state index contributed by atoms with van der Waals surface area (Å²) in [5, 5.41) is 0. The molecule has 1 unspecified atom stereocenters. The van der Waals surface area contributed by atoms with E-state index in [-0.39, 0.29) is 11.6 Å². The molecule has 1 aliphatic heterocycles. The van der Waals surface area contributed by atoms with Gasteiger partial charge in [-0.15, -0.1) is 0 Å². The van der Waals surface area contributed by atoms with E-state index in [0.717, 1.165) is 31.9 Å². The van der Waals surface area contributed by atoms with Gasteiger partial charge < -0.3 is 9.64 Å². The Kier molecular flexibility index (Phi) is 5.13. The van der Waals surface area contributed by atoms with Crippen LogP contribution in [0.3, 0.4) is 0 Å². The van der Waals surface area contributed by atoms with E-state index in [9.17, 15) is 13.6 Å². The monoisotopic (exact) mass is 397 g/mol. The second-order valence-corrected chi connectivity index (χ2v) is 7.25. The van der Waals surface area contributed by atoms with Gasteiger partial charge in [-0.3, -0.25) is 0 Å². The van der Waals surface area contributed by atoms with Gasteiger partial charge in [0.25, 0.3) is 0 Å². The third-order valence-corrected chi connectivity index (χ3v) is 5.33. The highest BCUT2D eigenvalue weighted by atomic mass is 19.1. The molecule has 0 aliphatic carbocycles. The van der Waals surface area contributed by atoms with Crippen LogP contribution >= 0.6 is 0 Å². The normalized spacial score (nSPS) is 16.8. The Bertz CT molecular complexity index is 1090. The van der Waals surface area contributed by atoms with Crippen molar-refractivity contribution in [1.82, 2.24) is 9.97 Å². The maximum absolute atomic E-state index is 14.6. The Morgan fingerprint density at radius 1 is 1.10 bits per heavy atom. The molecule has 29 heavy (non-hydrogen) atoms. The SMILES string of the molecule is COC(=O)c1ccc2nc(-c3ccc(F)cc3F)c(N3CCCCC3C)nc2c1. The lowest BCUT2D eigenvalue weighted by molar-refractivity contribution is 0.0601. The first-order chi connectivity index (χ1) is 14.0. The Morgan fingerprint density at radius 2 is 1.93 bits per heavy atom. The highest BCUT2D eigenvalue weighted by molar-refractivity contribution is 5.94. The third kappa shape index (κ3) is 3.64. The standard InChI is InChI=1S/C22H21F2N3O2/c1-13-5-3-4-10-27(13)21-20(16-8-7-15(23)12-17(16)24)25-18-9-6-14(22(28)29-2)11-19(18)26-21/h6-9,11-13H,3-5,10H2,1-2H3. The summed E-state index contributed by atoms with van der Waals surface area (Å²) in [6.07, 6.45) is 3.11. The van der Waals surface area contributed by atoms with Gasteiger partial charge in [-0.2, -0.15) is 0 Å². The minimum absolute atomic E-state index is 0.200. The van der Waals surface area contributed by atoms with Gasteiger partial charge in [-0.1, -0.05) is 0 Å². The predicted molar refractivity (Wildman–Crippen MR) is 107 cm³/mol. The van der Waals surface area contributed by atoms with E-state index in [1.54, 1.807) is 18.2 Å². The van der Waals surface area contributed by atoms with Crippen LogP contribution in [-0.2, 0) is 4.74 Å². The number of esters is 1. The van der Waals surface area contributed by atoms with Crippen LogP contribution in [0.5, 0.6) is 0 Å². The molecule has 1 fully saturated rings. The third-order valence-electron chi connectivity index (χ3n) is 5.33. The summed E-state index contributed by atoms with van der Waals surface area (Å²) in [5.41, 5.74) is 1.98. The van der Waals surface area contributed by atoms with E-state index in [0.29, 0.717) is 28.1 Å². The summed E-state index contributed by atoms with van der Waals surface area (Å²) in [4.78, 5) is 23.4. The number of halogens is 2. The number of methoxy groups -OCH3 is 1. The molecule has 2 aromatic carbocycles. The average molecular weight is 397 g/mol. The van der Waals surface area contributed by atoms with Gasteiger partial charge in [-0.25, -0.2) is 23.5 Å². The number of hydrogen-bond acceptors (Lipinski definition) is 5. The molecule has 0 spiro atoms. The molecule has 1 atom stereocenters. The minimum atomic E-state index is -0.684. The molecule has 0 amide bonds. The van der Waals surface area contributed by atoms with E-state index in [1.165, 1.54) is 19.2 Å². The second-order valence-electron chi connectivity index (χ2n) is 7.25. The van der Waals surface area contributed by atoms with E-state index >= 15 is 0 Å². The highest BCUT2D eigenvalue weighted by Gasteiger charge is 2.26. The number of anilines is 1. The van der Waals surface area contributed by atoms with Gasteiger partial charge in [-0.05, 0) is 56.5 Å². The van der Waals surface area contributed by atoms with Gasteiger partial charge in [0.15, 0.2) is 5.82 Å². The molecule has 1 aliphatic rings. The number of carbonyl (C=O) groups is 1. The molecule has 7 heteroatoms. The molecule has 3 aromatic rings. The fourth-order valence-electron chi connectivity index (χ4n) is 3.77. The quantitative estimate of drug-likeness (QED) is 0.598. The molecule has 1 saturated heterocycles. The number of hydrogen-bond donors (Lipinski definition) is 0. The van der Waals surface area contributed by atoms with Crippen LogP contribution in [-0.4, -0.2) is 35.6 Å². The first kappa shape index (κ1) is 19.2. The number of fused-ring (bicyclic) bond motifs is 1. The average Bonchev–Trinajstić information content (AvgIpc) is 2.72. The fourth-order valence-corrected chi connectivity index (χ4v) is 3.77. The molecular weight excluding hydrogens is 376 g/mol. The molecule has 0 saturated carbocycles. The number of nitrogens with zero attached hydrogens (tertiary/aromatic N) is 3. The van der Waals surface area contributed by atoms with Crippen molar-refractivity contribution >= 4 is 22.8 Å². The zero-order chi connectivity index (χ0) is 20.5. The van der Waals surface area contributed by atoms with Crippen molar-refractivity contribution in [2.24, 2.45) is 0 Å². The van der Waals surface area contributed by atoms with Gasteiger partial charge in [0.05, 0.1) is 23.7 Å². The number of benzene rings is 2. The second kappa shape index (κ2) is 7.73. The van der Waals surface area contributed by atoms with Gasteiger partial charge in [0.1, 0.15) is 17.3 Å². The maximum Gasteiger partial charge on any atom is 0.337 e. The van der Waals surface area contributed by atoms with E-state index < -0.39 is 17.6 Å². The van der Waals surface area contributed by atoms with Crippen molar-refractivity contribution in [3.63, 3.8) is 0 Å². The first-order valence-corrected chi connectivity index (χ1v) is 9.60. The van der Waals surface area contributed by atoms with Gasteiger partial charge >= 0.3 is 5.97 Å². The minimum Gasteiger partial charge on any atom is -0.465 e. The predicted octanol–water partition coefficient (Wildman–Crippen LogP) is 4.74. The van der Waals surface area contributed by atoms with Crippen molar-refractivity contribution in [2.45, 2.75) is 32.2 Å². The number of rotatable bonds is 3. The van der Waals surface area contributed by atoms with Crippen LogP contribution in [0.15, 0.2) is 36.4 Å². The Hall–Kier alpha value is -3.09. The molecule has 150 valence electrons. The van der Waals surface area contributed by atoms with Gasteiger partial charge in [0.2, 0.25) is 0 Å². The van der Waals surface area contributed by atoms with Crippen molar-refractivity contribution in [3.05, 3.63) is 53.6 Å². The van der Waals surface area contributed by atoms with Crippen LogP contribution in [0.25, 0.3) is 22.3 Å². The Morgan fingerprint density at radius 3 is 2.66 bits per heavy atom.